The zero-order valence-corrected chi connectivity index (χ0v) is 20.8. The third-order valence-electron chi connectivity index (χ3n) is 7.79. The van der Waals surface area contributed by atoms with E-state index >= 15 is 0 Å². The van der Waals surface area contributed by atoms with E-state index in [1.165, 1.54) is 21.6 Å². The molecule has 4 nitrogen and oxygen atoms in total. The van der Waals surface area contributed by atoms with Gasteiger partial charge in [0.05, 0.1) is 24.1 Å². The van der Waals surface area contributed by atoms with Crippen molar-refractivity contribution in [2.75, 3.05) is 11.5 Å². The zero-order valence-electron chi connectivity index (χ0n) is 20.8. The lowest BCUT2D eigenvalue weighted by Gasteiger charge is -2.22. The molecule has 0 radical (unpaired) electrons. The molecule has 1 saturated carbocycles. The Morgan fingerprint density at radius 2 is 1.19 bits per heavy atom. The second kappa shape index (κ2) is 8.63. The monoisotopic (exact) mass is 475 g/mol. The Morgan fingerprint density at radius 1 is 0.722 bits per heavy atom. The summed E-state index contributed by atoms with van der Waals surface area (Å²) in [5.41, 5.74) is 7.62. The van der Waals surface area contributed by atoms with Gasteiger partial charge in [0.15, 0.2) is 0 Å². The molecule has 1 heterocycles. The highest BCUT2D eigenvalue weighted by Crippen LogP contribution is 2.58. The van der Waals surface area contributed by atoms with Crippen molar-refractivity contribution < 1.29 is 14.3 Å². The Labute approximate surface area is 211 Å². The van der Waals surface area contributed by atoms with Crippen LogP contribution in [0.3, 0.4) is 0 Å². The van der Waals surface area contributed by atoms with Crippen LogP contribution in [0.15, 0.2) is 90.5 Å². The third-order valence-corrected chi connectivity index (χ3v) is 7.79. The lowest BCUT2D eigenvalue weighted by molar-refractivity contribution is -0.122. The average molecular weight is 476 g/mol. The predicted octanol–water partition coefficient (Wildman–Crippen LogP) is 6.13. The molecule has 1 aliphatic heterocycles. The number of anilines is 1. The predicted molar refractivity (Wildman–Crippen MR) is 142 cm³/mol. The molecule has 3 aromatic rings. The van der Waals surface area contributed by atoms with Crippen molar-refractivity contribution in [2.24, 2.45) is 23.7 Å². The van der Waals surface area contributed by atoms with E-state index in [4.69, 9.17) is 4.74 Å². The van der Waals surface area contributed by atoms with Crippen LogP contribution >= 0.6 is 0 Å². The summed E-state index contributed by atoms with van der Waals surface area (Å²) in [4.78, 5) is 28.9. The van der Waals surface area contributed by atoms with Crippen molar-refractivity contribution >= 4 is 23.1 Å². The summed E-state index contributed by atoms with van der Waals surface area (Å²) in [6.07, 6.45) is 4.30. The van der Waals surface area contributed by atoms with Crippen LogP contribution in [0.25, 0.3) is 5.57 Å². The summed E-state index contributed by atoms with van der Waals surface area (Å²) in [7, 11) is 0. The molecular weight excluding hydrogens is 446 g/mol. The van der Waals surface area contributed by atoms with Gasteiger partial charge in [0.2, 0.25) is 11.8 Å². The minimum atomic E-state index is -0.361. The summed E-state index contributed by atoms with van der Waals surface area (Å²) >= 11 is 0. The van der Waals surface area contributed by atoms with E-state index in [0.717, 1.165) is 22.4 Å². The van der Waals surface area contributed by atoms with Crippen molar-refractivity contribution in [2.45, 2.75) is 20.8 Å². The van der Waals surface area contributed by atoms with Crippen LogP contribution in [0.5, 0.6) is 5.75 Å². The first-order chi connectivity index (χ1) is 17.5. The van der Waals surface area contributed by atoms with Crippen molar-refractivity contribution in [1.29, 1.82) is 0 Å². The first-order valence-electron chi connectivity index (χ1n) is 12.6. The molecule has 3 aliphatic rings. The number of carbonyl (C=O) groups is 2. The summed E-state index contributed by atoms with van der Waals surface area (Å²) in [6.45, 7) is 6.67. The molecule has 3 aromatic carbocycles. The van der Waals surface area contributed by atoms with Gasteiger partial charge >= 0.3 is 0 Å². The van der Waals surface area contributed by atoms with Crippen LogP contribution in [-0.4, -0.2) is 18.4 Å². The van der Waals surface area contributed by atoms with E-state index in [0.29, 0.717) is 12.3 Å². The van der Waals surface area contributed by atoms with Gasteiger partial charge < -0.3 is 4.74 Å². The summed E-state index contributed by atoms with van der Waals surface area (Å²) < 4.78 is 5.53. The molecule has 2 fully saturated rings. The molecule has 1 saturated heterocycles. The van der Waals surface area contributed by atoms with Crippen molar-refractivity contribution in [1.82, 2.24) is 0 Å². The number of rotatable bonds is 5. The number of fused-ring (bicyclic) bond motifs is 5. The second-order valence-corrected chi connectivity index (χ2v) is 9.99. The molecule has 0 spiro atoms. The zero-order chi connectivity index (χ0) is 25.0. The quantitative estimate of drug-likeness (QED) is 0.330. The van der Waals surface area contributed by atoms with Gasteiger partial charge in [-0.2, -0.15) is 0 Å². The molecule has 2 bridgehead atoms. The Bertz CT molecular complexity index is 1320. The number of allylic oxidation sites excluding steroid dienone is 3. The lowest BCUT2D eigenvalue weighted by atomic mass is 9.85. The normalized spacial score (nSPS) is 24.0. The average Bonchev–Trinajstić information content (AvgIpc) is 3.51. The first-order valence-corrected chi connectivity index (χ1v) is 12.6. The first kappa shape index (κ1) is 22.5. The molecule has 0 unspecified atom stereocenters. The minimum absolute atomic E-state index is 0.0817. The molecule has 0 N–H and O–H groups in total. The smallest absolute Gasteiger partial charge is 0.238 e. The van der Waals surface area contributed by atoms with Gasteiger partial charge in [-0.15, -0.1) is 0 Å². The van der Waals surface area contributed by atoms with Gasteiger partial charge in [-0.1, -0.05) is 71.8 Å². The molecule has 2 amide bonds. The van der Waals surface area contributed by atoms with Crippen molar-refractivity contribution in [3.8, 4) is 5.75 Å². The maximum atomic E-state index is 13.7. The van der Waals surface area contributed by atoms with Crippen LogP contribution in [0.1, 0.15) is 29.2 Å². The topological polar surface area (TPSA) is 46.6 Å². The standard InChI is InChI=1S/C32H29NO3/c1-4-36-24-15-13-23(14-16-24)33-31(34)29-25-17-18-26(30(29)32(33)35)28(25)27(21-9-5-19(2)6-10-21)22-11-7-20(3)8-12-22/h5-18,25-26,29-30H,4H2,1-3H3/t25-,26-,29-,30+/m0/s1. The van der Waals surface area contributed by atoms with Crippen LogP contribution in [0.4, 0.5) is 5.69 Å². The molecule has 4 heteroatoms. The maximum Gasteiger partial charge on any atom is 0.238 e. The number of hydrogen-bond acceptors (Lipinski definition) is 3. The van der Waals surface area contributed by atoms with Gasteiger partial charge in [-0.25, -0.2) is 4.90 Å². The summed E-state index contributed by atoms with van der Waals surface area (Å²) in [5, 5.41) is 0. The van der Waals surface area contributed by atoms with E-state index < -0.39 is 0 Å². The minimum Gasteiger partial charge on any atom is -0.494 e. The molecule has 6 rings (SSSR count). The SMILES string of the molecule is CCOc1ccc(N2C(=O)[C@@H]3[C@H](C2=O)[C@H]2C=C[C@H]3C2=C(c2ccc(C)cc2)c2ccc(C)cc2)cc1. The van der Waals surface area contributed by atoms with E-state index in [1.54, 1.807) is 12.1 Å². The fourth-order valence-electron chi connectivity index (χ4n) is 6.15. The Morgan fingerprint density at radius 3 is 1.64 bits per heavy atom. The number of imide groups is 1. The van der Waals surface area contributed by atoms with Gasteiger partial charge in [0.1, 0.15) is 5.75 Å². The number of carbonyl (C=O) groups excluding carboxylic acids is 2. The molecular formula is C32H29NO3. The highest BCUT2D eigenvalue weighted by atomic mass is 16.5. The fourth-order valence-corrected chi connectivity index (χ4v) is 6.15. The third kappa shape index (κ3) is 3.43. The van der Waals surface area contributed by atoms with Crippen LogP contribution in [0.2, 0.25) is 0 Å². The van der Waals surface area contributed by atoms with Crippen LogP contribution in [-0.2, 0) is 9.59 Å². The summed E-state index contributed by atoms with van der Waals surface area (Å²) in [5.74, 6) is -0.358. The van der Waals surface area contributed by atoms with E-state index in [2.05, 4.69) is 74.5 Å². The fraction of sp³-hybridized carbons (Fsp3) is 0.250. The molecule has 36 heavy (non-hydrogen) atoms. The van der Waals surface area contributed by atoms with Gasteiger partial charge in [-0.05, 0) is 67.3 Å². The molecule has 0 aromatic heterocycles. The lowest BCUT2D eigenvalue weighted by Crippen LogP contribution is -2.33. The largest absolute Gasteiger partial charge is 0.494 e. The summed E-state index contributed by atoms with van der Waals surface area (Å²) in [6, 6.07) is 24.4. The molecule has 4 atom stereocenters. The Hall–Kier alpha value is -3.92. The Kier molecular flexibility index (Phi) is 5.40. The van der Waals surface area contributed by atoms with Crippen molar-refractivity contribution in [3.05, 3.63) is 113 Å². The van der Waals surface area contributed by atoms with E-state index in [1.807, 2.05) is 19.1 Å². The highest BCUT2D eigenvalue weighted by Gasteiger charge is 2.62. The molecule has 180 valence electrons. The maximum absolute atomic E-state index is 13.7. The number of hydrogen-bond donors (Lipinski definition) is 0. The van der Waals surface area contributed by atoms with Crippen molar-refractivity contribution in [3.63, 3.8) is 0 Å². The van der Waals surface area contributed by atoms with Crippen LogP contribution in [0, 0.1) is 37.5 Å². The highest BCUT2D eigenvalue weighted by molar-refractivity contribution is 6.23. The number of ether oxygens (including phenoxy) is 1. The Balaban J connectivity index is 1.43. The van der Waals surface area contributed by atoms with Gasteiger partial charge in [0.25, 0.3) is 0 Å². The number of aryl methyl sites for hydroxylation is 2. The number of benzene rings is 3. The van der Waals surface area contributed by atoms with E-state index in [9.17, 15) is 9.59 Å². The molecule has 2 aliphatic carbocycles. The second-order valence-electron chi connectivity index (χ2n) is 9.99. The van der Waals surface area contributed by atoms with Crippen LogP contribution < -0.4 is 9.64 Å². The van der Waals surface area contributed by atoms with E-state index in [-0.39, 0.29) is 35.5 Å². The number of nitrogens with zero attached hydrogens (tertiary/aromatic N) is 1. The van der Waals surface area contributed by atoms with Gasteiger partial charge in [-0.3, -0.25) is 9.59 Å². The number of amides is 2. The van der Waals surface area contributed by atoms with Gasteiger partial charge in [0, 0.05) is 11.8 Å².